The van der Waals surface area contributed by atoms with Crippen molar-refractivity contribution in [2.24, 2.45) is 0 Å². The molecular formula is C14H7F7O2. The lowest BCUT2D eigenvalue weighted by molar-refractivity contribution is -0.275. The van der Waals surface area contributed by atoms with Crippen molar-refractivity contribution in [2.75, 3.05) is 0 Å². The molecule has 23 heavy (non-hydrogen) atoms. The fourth-order valence-electron chi connectivity index (χ4n) is 1.76. The number of halogens is 7. The van der Waals surface area contributed by atoms with E-state index in [1.807, 2.05) is 0 Å². The van der Waals surface area contributed by atoms with E-state index in [0.29, 0.717) is 0 Å². The largest absolute Gasteiger partial charge is 0.573 e. The van der Waals surface area contributed by atoms with Crippen molar-refractivity contribution in [3.8, 4) is 22.6 Å². The molecule has 0 radical (unpaired) electrons. The third-order valence-electron chi connectivity index (χ3n) is 2.57. The fourth-order valence-corrected chi connectivity index (χ4v) is 1.76. The maximum atomic E-state index is 13.7. The van der Waals surface area contributed by atoms with E-state index in [1.54, 1.807) is 0 Å². The topological polar surface area (TPSA) is 18.5 Å². The number of benzene rings is 2. The molecule has 0 heterocycles. The van der Waals surface area contributed by atoms with Crippen molar-refractivity contribution in [2.45, 2.75) is 12.7 Å². The molecule has 0 amide bonds. The van der Waals surface area contributed by atoms with Gasteiger partial charge in [0.25, 0.3) is 0 Å². The van der Waals surface area contributed by atoms with Gasteiger partial charge in [-0.05, 0) is 35.9 Å². The summed E-state index contributed by atoms with van der Waals surface area (Å²) >= 11 is 0. The molecule has 2 nitrogen and oxygen atoms in total. The second kappa shape index (κ2) is 5.98. The Kier molecular flexibility index (Phi) is 4.39. The van der Waals surface area contributed by atoms with E-state index in [4.69, 9.17) is 0 Å². The minimum atomic E-state index is -4.94. The van der Waals surface area contributed by atoms with Crippen molar-refractivity contribution in [3.63, 3.8) is 0 Å². The summed E-state index contributed by atoms with van der Waals surface area (Å²) in [5.41, 5.74) is -0.199. The zero-order valence-corrected chi connectivity index (χ0v) is 11.0. The lowest BCUT2D eigenvalue weighted by Crippen LogP contribution is -2.17. The molecule has 0 spiro atoms. The van der Waals surface area contributed by atoms with E-state index in [-0.39, 0.29) is 11.1 Å². The number of ether oxygens (including phenoxy) is 2. The summed E-state index contributed by atoms with van der Waals surface area (Å²) in [6, 6.07) is 6.33. The molecular weight excluding hydrogens is 333 g/mol. The number of rotatable bonds is 3. The van der Waals surface area contributed by atoms with Crippen LogP contribution in [0.1, 0.15) is 0 Å². The highest BCUT2D eigenvalue weighted by Crippen LogP contribution is 2.32. The second-order valence-corrected chi connectivity index (χ2v) is 4.26. The average molecular weight is 340 g/mol. The van der Waals surface area contributed by atoms with Gasteiger partial charge >= 0.3 is 12.7 Å². The van der Waals surface area contributed by atoms with Crippen LogP contribution in [0.5, 0.6) is 11.5 Å². The van der Waals surface area contributed by atoms with Crippen molar-refractivity contribution >= 4 is 0 Å². The summed E-state index contributed by atoms with van der Waals surface area (Å²) in [5.74, 6) is -2.04. The van der Waals surface area contributed by atoms with Gasteiger partial charge in [0.1, 0.15) is 17.3 Å². The Hall–Kier alpha value is -2.45. The molecule has 0 N–H and O–H groups in total. The first-order valence-electron chi connectivity index (χ1n) is 5.95. The van der Waals surface area contributed by atoms with E-state index < -0.39 is 30.0 Å². The van der Waals surface area contributed by atoms with E-state index in [1.165, 1.54) is 0 Å². The van der Waals surface area contributed by atoms with Gasteiger partial charge in [0.2, 0.25) is 0 Å². The Morgan fingerprint density at radius 3 is 1.65 bits per heavy atom. The summed E-state index contributed by atoms with van der Waals surface area (Å²) in [7, 11) is 0. The normalized spacial score (nSPS) is 12.1. The smallest absolute Gasteiger partial charge is 0.406 e. The van der Waals surface area contributed by atoms with E-state index >= 15 is 0 Å². The van der Waals surface area contributed by atoms with Crippen LogP contribution in [0.4, 0.5) is 30.7 Å². The van der Waals surface area contributed by atoms with Gasteiger partial charge in [-0.3, -0.25) is 0 Å². The summed E-state index contributed by atoms with van der Waals surface area (Å²) < 4.78 is 93.6. The van der Waals surface area contributed by atoms with Crippen LogP contribution >= 0.6 is 0 Å². The van der Waals surface area contributed by atoms with Crippen molar-refractivity contribution in [3.05, 3.63) is 48.3 Å². The molecule has 0 saturated heterocycles. The highest BCUT2D eigenvalue weighted by atomic mass is 19.4. The average Bonchev–Trinajstić information content (AvgIpc) is 2.39. The summed E-state index contributed by atoms with van der Waals surface area (Å²) in [5, 5.41) is 0. The van der Waals surface area contributed by atoms with Crippen LogP contribution in [-0.4, -0.2) is 12.7 Å². The first kappa shape index (κ1) is 16.9. The molecule has 0 aromatic heterocycles. The Balaban J connectivity index is 2.29. The minimum absolute atomic E-state index is 0.0599. The Labute approximate surface area is 125 Å². The van der Waals surface area contributed by atoms with Gasteiger partial charge < -0.3 is 9.47 Å². The van der Waals surface area contributed by atoms with Crippen LogP contribution in [0, 0.1) is 5.82 Å². The first-order valence-corrected chi connectivity index (χ1v) is 5.95. The molecule has 124 valence electrons. The lowest BCUT2D eigenvalue weighted by atomic mass is 10.0. The van der Waals surface area contributed by atoms with Crippen molar-refractivity contribution < 1.29 is 40.2 Å². The fraction of sp³-hybridized carbons (Fsp3) is 0.143. The van der Waals surface area contributed by atoms with Gasteiger partial charge in [0, 0.05) is 5.56 Å². The third-order valence-corrected chi connectivity index (χ3v) is 2.57. The molecule has 0 aliphatic carbocycles. The predicted molar refractivity (Wildman–Crippen MR) is 65.2 cm³/mol. The second-order valence-electron chi connectivity index (χ2n) is 4.26. The SMILES string of the molecule is Fc1ccc(OC(F)(F)F)cc1-c1ccc(OC(F)(F)F)cc1. The Morgan fingerprint density at radius 1 is 0.652 bits per heavy atom. The quantitative estimate of drug-likeness (QED) is 0.707. The summed E-state index contributed by atoms with van der Waals surface area (Å²) in [6.07, 6.45) is -9.83. The molecule has 0 aliphatic rings. The maximum absolute atomic E-state index is 13.7. The van der Waals surface area contributed by atoms with E-state index in [2.05, 4.69) is 9.47 Å². The number of alkyl halides is 6. The molecule has 0 atom stereocenters. The summed E-state index contributed by atoms with van der Waals surface area (Å²) in [6.45, 7) is 0. The van der Waals surface area contributed by atoms with Gasteiger partial charge in [0.05, 0.1) is 0 Å². The van der Waals surface area contributed by atoms with E-state index in [9.17, 15) is 30.7 Å². The van der Waals surface area contributed by atoms with Crippen LogP contribution in [0.3, 0.4) is 0 Å². The van der Waals surface area contributed by atoms with E-state index in [0.717, 1.165) is 42.5 Å². The molecule has 0 aliphatic heterocycles. The molecule has 0 bridgehead atoms. The minimum Gasteiger partial charge on any atom is -0.406 e. The molecule has 2 rings (SSSR count). The highest BCUT2D eigenvalue weighted by molar-refractivity contribution is 5.66. The van der Waals surface area contributed by atoms with Crippen molar-refractivity contribution in [1.82, 2.24) is 0 Å². The Bertz CT molecular complexity index is 675. The van der Waals surface area contributed by atoms with Gasteiger partial charge in [-0.25, -0.2) is 4.39 Å². The third kappa shape index (κ3) is 5.04. The molecule has 0 saturated carbocycles. The van der Waals surface area contributed by atoms with Gasteiger partial charge in [0.15, 0.2) is 0 Å². The summed E-state index contributed by atoms with van der Waals surface area (Å²) in [4.78, 5) is 0. The highest BCUT2D eigenvalue weighted by Gasteiger charge is 2.32. The standard InChI is InChI=1S/C14H7F7O2/c15-12-6-5-10(23-14(19,20)21)7-11(12)8-1-3-9(4-2-8)22-13(16,17)18/h1-7H. The van der Waals surface area contributed by atoms with Crippen LogP contribution < -0.4 is 9.47 Å². The molecule has 0 unspecified atom stereocenters. The zero-order chi connectivity index (χ0) is 17.3. The van der Waals surface area contributed by atoms with Crippen LogP contribution in [-0.2, 0) is 0 Å². The Morgan fingerprint density at radius 2 is 1.13 bits per heavy atom. The maximum Gasteiger partial charge on any atom is 0.573 e. The predicted octanol–water partition coefficient (Wildman–Crippen LogP) is 5.29. The van der Waals surface area contributed by atoms with Gasteiger partial charge in [-0.15, -0.1) is 26.3 Å². The molecule has 2 aromatic carbocycles. The van der Waals surface area contributed by atoms with Crippen molar-refractivity contribution in [1.29, 1.82) is 0 Å². The van der Waals surface area contributed by atoms with Crippen LogP contribution in [0.15, 0.2) is 42.5 Å². The monoisotopic (exact) mass is 340 g/mol. The number of hydrogen-bond acceptors (Lipinski definition) is 2. The molecule has 9 heteroatoms. The first-order chi connectivity index (χ1) is 10.5. The molecule has 0 fully saturated rings. The zero-order valence-electron chi connectivity index (χ0n) is 11.0. The van der Waals surface area contributed by atoms with Crippen LogP contribution in [0.2, 0.25) is 0 Å². The van der Waals surface area contributed by atoms with Crippen LogP contribution in [0.25, 0.3) is 11.1 Å². The lowest BCUT2D eigenvalue weighted by Gasteiger charge is -2.12. The van der Waals surface area contributed by atoms with Gasteiger partial charge in [-0.1, -0.05) is 12.1 Å². The molecule has 2 aromatic rings. The number of hydrogen-bond donors (Lipinski definition) is 0. The van der Waals surface area contributed by atoms with Gasteiger partial charge in [-0.2, -0.15) is 0 Å².